The summed E-state index contributed by atoms with van der Waals surface area (Å²) in [4.78, 5) is 36.0. The molecular weight excluding hydrogens is 350 g/mol. The quantitative estimate of drug-likeness (QED) is 0.531. The van der Waals surface area contributed by atoms with Crippen molar-refractivity contribution in [1.82, 2.24) is 5.32 Å². The van der Waals surface area contributed by atoms with Crippen molar-refractivity contribution in [2.45, 2.75) is 38.6 Å². The number of para-hydroxylation sites is 1. The fraction of sp³-hybridized carbons (Fsp3) is 0.421. The van der Waals surface area contributed by atoms with Crippen molar-refractivity contribution in [2.75, 3.05) is 23.8 Å². The zero-order valence-electron chi connectivity index (χ0n) is 15.2. The third-order valence-corrected chi connectivity index (χ3v) is 4.45. The van der Waals surface area contributed by atoms with Crippen LogP contribution in [-0.2, 0) is 9.53 Å². The molecule has 1 aliphatic rings. The van der Waals surface area contributed by atoms with Gasteiger partial charge in [0.15, 0.2) is 5.69 Å². The lowest BCUT2D eigenvalue weighted by atomic mass is 10.1. The largest absolute Gasteiger partial charge is 0.465 e. The molecule has 3 N–H and O–H groups in total. The monoisotopic (exact) mass is 373 g/mol. The van der Waals surface area contributed by atoms with Gasteiger partial charge in [-0.3, -0.25) is 10.1 Å². The van der Waals surface area contributed by atoms with Crippen molar-refractivity contribution in [3.05, 3.63) is 34.7 Å². The number of hydrogen-bond donors (Lipinski definition) is 3. The van der Waals surface area contributed by atoms with Gasteiger partial charge in [-0.2, -0.15) is 0 Å². The number of nitrogens with one attached hydrogen (secondary N) is 3. The Labute approximate surface area is 156 Å². The molecule has 1 aliphatic carbocycles. The molecule has 8 nitrogen and oxygen atoms in total. The van der Waals surface area contributed by atoms with Crippen LogP contribution in [0.1, 0.15) is 32.6 Å². The fourth-order valence-electron chi connectivity index (χ4n) is 3.21. The van der Waals surface area contributed by atoms with Gasteiger partial charge >= 0.3 is 17.6 Å². The van der Waals surface area contributed by atoms with Crippen molar-refractivity contribution in [1.29, 1.82) is 0 Å². The molecule has 8 heteroatoms. The summed E-state index contributed by atoms with van der Waals surface area (Å²) in [6.45, 7) is 1.62. The molecule has 1 aromatic carbocycles. The number of carbonyl (C=O) groups excluding carboxylic acids is 2. The highest BCUT2D eigenvalue weighted by Crippen LogP contribution is 2.32. The summed E-state index contributed by atoms with van der Waals surface area (Å²) < 4.78 is 10.1. The molecule has 1 fully saturated rings. The van der Waals surface area contributed by atoms with E-state index < -0.39 is 17.6 Å². The molecule has 1 heterocycles. The van der Waals surface area contributed by atoms with E-state index in [1.54, 1.807) is 19.1 Å². The molecule has 0 saturated heterocycles. The van der Waals surface area contributed by atoms with Crippen LogP contribution < -0.4 is 21.6 Å². The number of ether oxygens (including phenoxy) is 1. The van der Waals surface area contributed by atoms with Gasteiger partial charge in [-0.25, -0.2) is 9.59 Å². The first-order chi connectivity index (χ1) is 13.1. The van der Waals surface area contributed by atoms with Gasteiger partial charge in [-0.05, 0) is 31.9 Å². The van der Waals surface area contributed by atoms with E-state index >= 15 is 0 Å². The molecular formula is C19H23N3O5. The van der Waals surface area contributed by atoms with Crippen LogP contribution in [0.3, 0.4) is 0 Å². The van der Waals surface area contributed by atoms with Crippen LogP contribution >= 0.6 is 0 Å². The minimum atomic E-state index is -0.680. The Hall–Kier alpha value is -3.03. The predicted octanol–water partition coefficient (Wildman–Crippen LogP) is 2.83. The van der Waals surface area contributed by atoms with E-state index in [1.807, 2.05) is 12.1 Å². The number of rotatable bonds is 6. The summed E-state index contributed by atoms with van der Waals surface area (Å²) in [5.41, 5.74) is 0.364. The first-order valence-corrected chi connectivity index (χ1v) is 9.11. The summed E-state index contributed by atoms with van der Waals surface area (Å²) >= 11 is 0. The van der Waals surface area contributed by atoms with Gasteiger partial charge < -0.3 is 19.8 Å². The normalized spacial score (nSPS) is 14.1. The highest BCUT2D eigenvalue weighted by atomic mass is 16.5. The summed E-state index contributed by atoms with van der Waals surface area (Å²) in [7, 11) is 0. The van der Waals surface area contributed by atoms with Gasteiger partial charge in [-0.1, -0.05) is 25.0 Å². The average molecular weight is 373 g/mol. The second-order valence-electron chi connectivity index (χ2n) is 6.37. The topological polar surface area (TPSA) is 110 Å². The Morgan fingerprint density at radius 1 is 1.19 bits per heavy atom. The second-order valence-corrected chi connectivity index (χ2v) is 6.37. The summed E-state index contributed by atoms with van der Waals surface area (Å²) in [5.74, 6) is -0.553. The Balaban J connectivity index is 1.86. The van der Waals surface area contributed by atoms with E-state index in [2.05, 4.69) is 16.0 Å². The van der Waals surface area contributed by atoms with Crippen molar-refractivity contribution in [2.24, 2.45) is 0 Å². The standard InChI is InChI=1S/C19H23N3O5/c1-2-26-15(23)11-20-19(25)22-17-16(21-12-7-3-4-8-12)13-9-5-6-10-14(13)27-18(17)24/h5-6,9-10,12,21H,2-4,7-8,11H2,1H3,(H2,20,22,25). The number of hydrogen-bond acceptors (Lipinski definition) is 6. The lowest BCUT2D eigenvalue weighted by Crippen LogP contribution is -2.35. The molecule has 144 valence electrons. The van der Waals surface area contributed by atoms with Crippen LogP contribution in [0.2, 0.25) is 0 Å². The van der Waals surface area contributed by atoms with Gasteiger partial charge in [0.25, 0.3) is 0 Å². The maximum absolute atomic E-state index is 12.5. The highest BCUT2D eigenvalue weighted by molar-refractivity contribution is 6.02. The first kappa shape index (κ1) is 18.8. The zero-order valence-corrected chi connectivity index (χ0v) is 15.2. The number of esters is 1. The molecule has 2 aromatic rings. The van der Waals surface area contributed by atoms with Crippen molar-refractivity contribution < 1.29 is 18.7 Å². The van der Waals surface area contributed by atoms with Crippen LogP contribution in [0.5, 0.6) is 0 Å². The Morgan fingerprint density at radius 3 is 2.67 bits per heavy atom. The third kappa shape index (κ3) is 4.58. The SMILES string of the molecule is CCOC(=O)CNC(=O)Nc1c(NC2CCCC2)c2ccccc2oc1=O. The van der Waals surface area contributed by atoms with Crippen LogP contribution in [0, 0.1) is 0 Å². The molecule has 27 heavy (non-hydrogen) atoms. The number of anilines is 2. The van der Waals surface area contributed by atoms with Crippen molar-refractivity contribution in [3.63, 3.8) is 0 Å². The van der Waals surface area contributed by atoms with E-state index in [0.717, 1.165) is 25.7 Å². The van der Waals surface area contributed by atoms with Crippen LogP contribution in [0.4, 0.5) is 16.2 Å². The maximum atomic E-state index is 12.5. The molecule has 0 radical (unpaired) electrons. The molecule has 0 unspecified atom stereocenters. The zero-order chi connectivity index (χ0) is 19.2. The molecule has 2 amide bonds. The van der Waals surface area contributed by atoms with E-state index in [0.29, 0.717) is 16.7 Å². The van der Waals surface area contributed by atoms with E-state index in [4.69, 9.17) is 9.15 Å². The van der Waals surface area contributed by atoms with Gasteiger partial charge in [0.1, 0.15) is 12.1 Å². The van der Waals surface area contributed by atoms with Crippen LogP contribution in [-0.4, -0.2) is 31.2 Å². The van der Waals surface area contributed by atoms with Crippen molar-refractivity contribution in [3.8, 4) is 0 Å². The molecule has 1 saturated carbocycles. The van der Waals surface area contributed by atoms with Gasteiger partial charge in [-0.15, -0.1) is 0 Å². The lowest BCUT2D eigenvalue weighted by Gasteiger charge is -2.18. The van der Waals surface area contributed by atoms with Crippen LogP contribution in [0.25, 0.3) is 11.0 Å². The number of carbonyl (C=O) groups is 2. The molecule has 0 bridgehead atoms. The minimum Gasteiger partial charge on any atom is -0.465 e. The predicted molar refractivity (Wildman–Crippen MR) is 102 cm³/mol. The fourth-order valence-corrected chi connectivity index (χ4v) is 3.21. The molecule has 1 aromatic heterocycles. The van der Waals surface area contributed by atoms with Gasteiger partial charge in [0.2, 0.25) is 0 Å². The highest BCUT2D eigenvalue weighted by Gasteiger charge is 2.22. The summed E-state index contributed by atoms with van der Waals surface area (Å²) in [6.07, 6.45) is 4.26. The third-order valence-electron chi connectivity index (χ3n) is 4.45. The summed E-state index contributed by atoms with van der Waals surface area (Å²) in [5, 5.41) is 9.00. The number of benzene rings is 1. The van der Waals surface area contributed by atoms with Crippen molar-refractivity contribution >= 4 is 34.3 Å². The number of amides is 2. The van der Waals surface area contributed by atoms with Gasteiger partial charge in [0.05, 0.1) is 12.3 Å². The summed E-state index contributed by atoms with van der Waals surface area (Å²) in [6, 6.07) is 6.72. The smallest absolute Gasteiger partial charge is 0.362 e. The Kier molecular flexibility index (Phi) is 5.95. The maximum Gasteiger partial charge on any atom is 0.362 e. The first-order valence-electron chi connectivity index (χ1n) is 9.11. The molecule has 0 spiro atoms. The van der Waals surface area contributed by atoms with E-state index in [9.17, 15) is 14.4 Å². The number of urea groups is 1. The Bertz CT molecular complexity index is 887. The average Bonchev–Trinajstić information content (AvgIpc) is 3.16. The molecule has 0 atom stereocenters. The van der Waals surface area contributed by atoms with Gasteiger partial charge in [0, 0.05) is 11.4 Å². The lowest BCUT2D eigenvalue weighted by molar-refractivity contribution is -0.141. The molecule has 3 rings (SSSR count). The second kappa shape index (κ2) is 8.57. The number of fused-ring (bicyclic) bond motifs is 1. The molecule has 0 aliphatic heterocycles. The Morgan fingerprint density at radius 2 is 1.93 bits per heavy atom. The van der Waals surface area contributed by atoms with E-state index in [-0.39, 0.29) is 24.9 Å². The van der Waals surface area contributed by atoms with E-state index in [1.165, 1.54) is 0 Å². The minimum absolute atomic E-state index is 0.0296. The van der Waals surface area contributed by atoms with Crippen LogP contribution in [0.15, 0.2) is 33.5 Å².